The second kappa shape index (κ2) is 8.28. The van der Waals surface area contributed by atoms with E-state index in [1.807, 2.05) is 61.5 Å². The molecule has 0 atom stereocenters. The van der Waals surface area contributed by atoms with Gasteiger partial charge in [-0.1, -0.05) is 48.0 Å². The van der Waals surface area contributed by atoms with Crippen molar-refractivity contribution in [2.75, 3.05) is 5.32 Å². The van der Waals surface area contributed by atoms with Crippen LogP contribution in [0.2, 0.25) is 0 Å². The molecule has 6 nitrogen and oxygen atoms in total. The van der Waals surface area contributed by atoms with E-state index in [-0.39, 0.29) is 5.91 Å². The molecule has 0 fully saturated rings. The van der Waals surface area contributed by atoms with Gasteiger partial charge in [0.25, 0.3) is 5.91 Å². The van der Waals surface area contributed by atoms with Crippen LogP contribution < -0.4 is 11.1 Å². The average molecular weight is 410 g/mol. The van der Waals surface area contributed by atoms with Gasteiger partial charge in [-0.3, -0.25) is 9.59 Å². The Morgan fingerprint density at radius 3 is 2.26 bits per heavy atom. The minimum absolute atomic E-state index is 0.288. The monoisotopic (exact) mass is 410 g/mol. The normalized spacial score (nSPS) is 10.6. The first-order chi connectivity index (χ1) is 14.9. The molecule has 0 saturated heterocycles. The molecule has 0 aliphatic carbocycles. The molecule has 2 amide bonds. The van der Waals surface area contributed by atoms with E-state index in [4.69, 9.17) is 10.8 Å². The Hall–Kier alpha value is -4.19. The second-order valence-corrected chi connectivity index (χ2v) is 7.39. The lowest BCUT2D eigenvalue weighted by atomic mass is 10.1. The number of anilines is 1. The van der Waals surface area contributed by atoms with Crippen molar-refractivity contribution in [1.29, 1.82) is 0 Å². The summed E-state index contributed by atoms with van der Waals surface area (Å²) in [4.78, 5) is 24.6. The highest BCUT2D eigenvalue weighted by Gasteiger charge is 2.19. The highest BCUT2D eigenvalue weighted by molar-refractivity contribution is 6.08. The minimum atomic E-state index is -0.499. The van der Waals surface area contributed by atoms with Crippen LogP contribution >= 0.6 is 0 Å². The topological polar surface area (TPSA) is 90.0 Å². The lowest BCUT2D eigenvalue weighted by molar-refractivity contribution is 0.0997. The van der Waals surface area contributed by atoms with Crippen LogP contribution in [0.1, 0.15) is 31.8 Å². The van der Waals surface area contributed by atoms with Crippen LogP contribution in [0, 0.1) is 13.8 Å². The van der Waals surface area contributed by atoms with Crippen LogP contribution in [0.4, 0.5) is 5.69 Å². The largest absolute Gasteiger partial charge is 0.366 e. The van der Waals surface area contributed by atoms with Crippen LogP contribution in [0.3, 0.4) is 0 Å². The fraction of sp³-hybridized carbons (Fsp3) is 0.0800. The maximum absolute atomic E-state index is 13.2. The Morgan fingerprint density at radius 1 is 0.903 bits per heavy atom. The molecule has 0 unspecified atom stereocenters. The molecule has 1 aromatic heterocycles. The maximum atomic E-state index is 13.2. The fourth-order valence-electron chi connectivity index (χ4n) is 3.40. The van der Waals surface area contributed by atoms with Crippen molar-refractivity contribution < 1.29 is 9.59 Å². The van der Waals surface area contributed by atoms with Gasteiger partial charge < -0.3 is 11.1 Å². The summed E-state index contributed by atoms with van der Waals surface area (Å²) in [5, 5.41) is 7.60. The molecule has 0 aliphatic heterocycles. The van der Waals surface area contributed by atoms with Gasteiger partial charge >= 0.3 is 0 Å². The zero-order valence-electron chi connectivity index (χ0n) is 17.3. The van der Waals surface area contributed by atoms with Crippen molar-refractivity contribution in [2.45, 2.75) is 13.8 Å². The van der Waals surface area contributed by atoms with Gasteiger partial charge in [0.05, 0.1) is 11.3 Å². The summed E-state index contributed by atoms with van der Waals surface area (Å²) in [6, 6.07) is 22.5. The Bertz CT molecular complexity index is 1260. The summed E-state index contributed by atoms with van der Waals surface area (Å²) in [7, 11) is 0. The molecule has 0 bridgehead atoms. The average Bonchev–Trinajstić information content (AvgIpc) is 3.20. The molecule has 4 aromatic rings. The van der Waals surface area contributed by atoms with E-state index in [1.54, 1.807) is 36.0 Å². The summed E-state index contributed by atoms with van der Waals surface area (Å²) >= 11 is 0. The number of rotatable bonds is 5. The Morgan fingerprint density at radius 2 is 1.61 bits per heavy atom. The first-order valence-electron chi connectivity index (χ1n) is 9.86. The van der Waals surface area contributed by atoms with Crippen LogP contribution in [0.15, 0.2) is 79.0 Å². The smallest absolute Gasteiger partial charge is 0.259 e. The molecular formula is C25H22N4O2. The highest BCUT2D eigenvalue weighted by atomic mass is 16.2. The van der Waals surface area contributed by atoms with Gasteiger partial charge in [-0.25, -0.2) is 4.68 Å². The van der Waals surface area contributed by atoms with Crippen molar-refractivity contribution in [3.05, 3.63) is 101 Å². The number of primary amides is 1. The van der Waals surface area contributed by atoms with Crippen molar-refractivity contribution in [3.8, 4) is 16.9 Å². The van der Waals surface area contributed by atoms with E-state index in [1.165, 1.54) is 0 Å². The molecule has 3 N–H and O–H groups in total. The molecule has 1 heterocycles. The van der Waals surface area contributed by atoms with Crippen LogP contribution in [-0.4, -0.2) is 21.6 Å². The number of hydrogen-bond donors (Lipinski definition) is 2. The molecule has 0 saturated carbocycles. The predicted octanol–water partition coefficient (Wildman–Crippen LogP) is 4.51. The molecule has 4 rings (SSSR count). The standard InChI is InChI=1S/C25H22N4O2/c1-16-8-11-20(12-9-16)29-15-22(23(28-29)18-6-4-3-5-7-18)25(31)27-19-10-13-21(24(26)30)17(2)14-19/h3-15H,1-2H3,(H2,26,30)(H,27,31). The number of nitrogens with one attached hydrogen (secondary N) is 1. The van der Waals surface area contributed by atoms with E-state index in [0.29, 0.717) is 28.1 Å². The zero-order chi connectivity index (χ0) is 22.0. The molecule has 0 spiro atoms. The SMILES string of the molecule is Cc1ccc(-n2cc(C(=O)Nc3ccc(C(N)=O)c(C)c3)c(-c3ccccc3)n2)cc1. The summed E-state index contributed by atoms with van der Waals surface area (Å²) < 4.78 is 1.71. The predicted molar refractivity (Wildman–Crippen MR) is 121 cm³/mol. The Labute approximate surface area is 180 Å². The van der Waals surface area contributed by atoms with Gasteiger partial charge in [0, 0.05) is 23.0 Å². The van der Waals surface area contributed by atoms with Gasteiger partial charge in [0.15, 0.2) is 0 Å². The number of amides is 2. The third-order valence-electron chi connectivity index (χ3n) is 5.05. The summed E-state index contributed by atoms with van der Waals surface area (Å²) in [6.45, 7) is 3.80. The lowest BCUT2D eigenvalue weighted by Gasteiger charge is -2.08. The first-order valence-corrected chi connectivity index (χ1v) is 9.86. The number of nitrogens with zero attached hydrogens (tertiary/aromatic N) is 2. The summed E-state index contributed by atoms with van der Waals surface area (Å²) in [5.74, 6) is -0.787. The number of carbonyl (C=O) groups excluding carboxylic acids is 2. The molecular weight excluding hydrogens is 388 g/mol. The van der Waals surface area contributed by atoms with Crippen molar-refractivity contribution >= 4 is 17.5 Å². The summed E-state index contributed by atoms with van der Waals surface area (Å²) in [6.07, 6.45) is 1.73. The fourth-order valence-corrected chi connectivity index (χ4v) is 3.40. The van der Waals surface area contributed by atoms with E-state index in [0.717, 1.165) is 16.8 Å². The van der Waals surface area contributed by atoms with Crippen molar-refractivity contribution in [3.63, 3.8) is 0 Å². The number of carbonyl (C=O) groups is 2. The highest BCUT2D eigenvalue weighted by Crippen LogP contribution is 2.25. The minimum Gasteiger partial charge on any atom is -0.366 e. The molecule has 3 aromatic carbocycles. The lowest BCUT2D eigenvalue weighted by Crippen LogP contribution is -2.15. The van der Waals surface area contributed by atoms with Gasteiger partial charge in [-0.05, 0) is 49.7 Å². The first kappa shape index (κ1) is 20.1. The quantitative estimate of drug-likeness (QED) is 0.507. The van der Waals surface area contributed by atoms with Crippen molar-refractivity contribution in [1.82, 2.24) is 9.78 Å². The third-order valence-corrected chi connectivity index (χ3v) is 5.05. The zero-order valence-corrected chi connectivity index (χ0v) is 17.3. The van der Waals surface area contributed by atoms with Gasteiger partial charge in [0.2, 0.25) is 5.91 Å². The molecule has 0 aliphatic rings. The van der Waals surface area contributed by atoms with Crippen LogP contribution in [0.25, 0.3) is 16.9 Å². The van der Waals surface area contributed by atoms with Gasteiger partial charge in [-0.15, -0.1) is 0 Å². The van der Waals surface area contributed by atoms with Crippen LogP contribution in [0.5, 0.6) is 0 Å². The van der Waals surface area contributed by atoms with E-state index in [9.17, 15) is 9.59 Å². The van der Waals surface area contributed by atoms with Crippen molar-refractivity contribution in [2.24, 2.45) is 5.73 Å². The number of aromatic nitrogens is 2. The molecule has 0 radical (unpaired) electrons. The second-order valence-electron chi connectivity index (χ2n) is 7.39. The number of aryl methyl sites for hydroxylation is 2. The van der Waals surface area contributed by atoms with Gasteiger partial charge in [-0.2, -0.15) is 5.10 Å². The van der Waals surface area contributed by atoms with E-state index in [2.05, 4.69) is 5.32 Å². The molecule has 154 valence electrons. The number of nitrogens with two attached hydrogens (primary N) is 1. The molecule has 6 heteroatoms. The number of benzene rings is 3. The Balaban J connectivity index is 1.72. The number of hydrogen-bond acceptors (Lipinski definition) is 3. The third kappa shape index (κ3) is 4.23. The van der Waals surface area contributed by atoms with Gasteiger partial charge in [0.1, 0.15) is 5.69 Å². The molecule has 31 heavy (non-hydrogen) atoms. The summed E-state index contributed by atoms with van der Waals surface area (Å²) in [5.41, 5.74) is 11.0. The van der Waals surface area contributed by atoms with Crippen LogP contribution in [-0.2, 0) is 0 Å². The maximum Gasteiger partial charge on any atom is 0.259 e. The van der Waals surface area contributed by atoms with E-state index >= 15 is 0 Å². The Kier molecular flexibility index (Phi) is 5.37. The van der Waals surface area contributed by atoms with E-state index < -0.39 is 5.91 Å².